The first-order chi connectivity index (χ1) is 8.37. The van der Waals surface area contributed by atoms with Crippen LogP contribution in [0.5, 0.6) is 0 Å². The summed E-state index contributed by atoms with van der Waals surface area (Å²) in [6.45, 7) is 10.8. The third kappa shape index (κ3) is 7.00. The van der Waals surface area contributed by atoms with E-state index in [-0.39, 0.29) is 5.91 Å². The molecule has 1 fully saturated rings. The zero-order chi connectivity index (χ0) is 13.6. The smallest absolute Gasteiger partial charge is 0.220 e. The lowest BCUT2D eigenvalue weighted by Crippen LogP contribution is -2.31. The Morgan fingerprint density at radius 1 is 1.44 bits per heavy atom. The van der Waals surface area contributed by atoms with Crippen molar-refractivity contribution in [1.82, 2.24) is 10.6 Å². The van der Waals surface area contributed by atoms with Gasteiger partial charge in [0, 0.05) is 19.0 Å². The van der Waals surface area contributed by atoms with Gasteiger partial charge < -0.3 is 10.6 Å². The fourth-order valence-corrected chi connectivity index (χ4v) is 2.90. The van der Waals surface area contributed by atoms with Crippen molar-refractivity contribution in [2.75, 3.05) is 13.1 Å². The average Bonchev–Trinajstić information content (AvgIpc) is 2.66. The lowest BCUT2D eigenvalue weighted by Gasteiger charge is -2.22. The lowest BCUT2D eigenvalue weighted by atomic mass is 9.84. The minimum absolute atomic E-state index is 0.213. The molecule has 0 saturated carbocycles. The van der Waals surface area contributed by atoms with Gasteiger partial charge in [-0.1, -0.05) is 27.7 Å². The van der Waals surface area contributed by atoms with E-state index in [1.165, 1.54) is 12.8 Å². The molecule has 1 aliphatic rings. The van der Waals surface area contributed by atoms with Crippen LogP contribution in [0.25, 0.3) is 0 Å². The zero-order valence-electron chi connectivity index (χ0n) is 12.5. The van der Waals surface area contributed by atoms with Gasteiger partial charge in [0.1, 0.15) is 0 Å². The van der Waals surface area contributed by atoms with Crippen LogP contribution < -0.4 is 10.6 Å². The molecule has 0 aromatic heterocycles. The van der Waals surface area contributed by atoms with Gasteiger partial charge in [-0.3, -0.25) is 4.79 Å². The van der Waals surface area contributed by atoms with Gasteiger partial charge in [-0.15, -0.1) is 0 Å². The summed E-state index contributed by atoms with van der Waals surface area (Å²) < 4.78 is 0. The molecule has 0 aromatic rings. The molecule has 106 valence electrons. The second-order valence-corrected chi connectivity index (χ2v) is 7.01. The number of hydrogen-bond donors (Lipinski definition) is 2. The standard InChI is InChI=1S/C15H30N2O/c1-12(11-15(2,3)4)10-14(18)17-9-7-13-6-5-8-16-13/h12-13,16H,5-11H2,1-4H3,(H,17,18). The van der Waals surface area contributed by atoms with Gasteiger partial charge in [-0.2, -0.15) is 0 Å². The lowest BCUT2D eigenvalue weighted by molar-refractivity contribution is -0.122. The van der Waals surface area contributed by atoms with Crippen molar-refractivity contribution >= 4 is 5.91 Å². The maximum atomic E-state index is 11.8. The molecule has 0 radical (unpaired) electrons. The molecule has 3 nitrogen and oxygen atoms in total. The molecule has 1 aliphatic heterocycles. The number of carbonyl (C=O) groups excluding carboxylic acids is 1. The summed E-state index contributed by atoms with van der Waals surface area (Å²) in [7, 11) is 0. The largest absolute Gasteiger partial charge is 0.356 e. The third-order valence-corrected chi connectivity index (χ3v) is 3.47. The topological polar surface area (TPSA) is 41.1 Å². The maximum absolute atomic E-state index is 11.8. The molecular weight excluding hydrogens is 224 g/mol. The van der Waals surface area contributed by atoms with Gasteiger partial charge >= 0.3 is 0 Å². The Labute approximate surface area is 112 Å². The predicted molar refractivity (Wildman–Crippen MR) is 76.5 cm³/mol. The van der Waals surface area contributed by atoms with Crippen molar-refractivity contribution in [2.45, 2.75) is 65.8 Å². The Balaban J connectivity index is 2.09. The summed E-state index contributed by atoms with van der Waals surface area (Å²) >= 11 is 0. The highest BCUT2D eigenvalue weighted by Gasteiger charge is 2.18. The number of amides is 1. The summed E-state index contributed by atoms with van der Waals surface area (Å²) in [6.07, 6.45) is 5.37. The second-order valence-electron chi connectivity index (χ2n) is 7.01. The molecule has 0 aliphatic carbocycles. The summed E-state index contributed by atoms with van der Waals surface area (Å²) in [5.74, 6) is 0.680. The molecule has 2 unspecified atom stereocenters. The molecule has 1 heterocycles. The maximum Gasteiger partial charge on any atom is 0.220 e. The Hall–Kier alpha value is -0.570. The van der Waals surface area contributed by atoms with Gasteiger partial charge in [-0.05, 0) is 43.6 Å². The van der Waals surface area contributed by atoms with E-state index in [9.17, 15) is 4.79 Å². The quantitative estimate of drug-likeness (QED) is 0.765. The molecule has 0 bridgehead atoms. The van der Waals surface area contributed by atoms with Crippen LogP contribution in [0, 0.1) is 11.3 Å². The van der Waals surface area contributed by atoms with Crippen LogP contribution in [-0.2, 0) is 4.79 Å². The number of carbonyl (C=O) groups is 1. The summed E-state index contributed by atoms with van der Waals surface area (Å²) in [5, 5.41) is 6.50. The molecule has 2 N–H and O–H groups in total. The van der Waals surface area contributed by atoms with Gasteiger partial charge in [0.2, 0.25) is 5.91 Å². The fourth-order valence-electron chi connectivity index (χ4n) is 2.90. The first-order valence-corrected chi connectivity index (χ1v) is 7.37. The number of hydrogen-bond acceptors (Lipinski definition) is 2. The van der Waals surface area contributed by atoms with Crippen molar-refractivity contribution in [1.29, 1.82) is 0 Å². The number of nitrogens with one attached hydrogen (secondary N) is 2. The summed E-state index contributed by atoms with van der Waals surface area (Å²) in [5.41, 5.74) is 0.313. The SMILES string of the molecule is CC(CC(=O)NCCC1CCCN1)CC(C)(C)C. The second kappa shape index (κ2) is 7.13. The van der Waals surface area contributed by atoms with E-state index >= 15 is 0 Å². The van der Waals surface area contributed by atoms with Crippen molar-refractivity contribution in [2.24, 2.45) is 11.3 Å². The van der Waals surface area contributed by atoms with Gasteiger partial charge in [0.25, 0.3) is 0 Å². The summed E-state index contributed by atoms with van der Waals surface area (Å²) in [4.78, 5) is 11.8. The highest BCUT2D eigenvalue weighted by molar-refractivity contribution is 5.76. The van der Waals surface area contributed by atoms with Gasteiger partial charge in [-0.25, -0.2) is 0 Å². The van der Waals surface area contributed by atoms with Crippen molar-refractivity contribution < 1.29 is 4.79 Å². The van der Waals surface area contributed by atoms with Crippen molar-refractivity contribution in [3.63, 3.8) is 0 Å². The van der Waals surface area contributed by atoms with Crippen LogP contribution >= 0.6 is 0 Å². The molecule has 0 spiro atoms. The highest BCUT2D eigenvalue weighted by Crippen LogP contribution is 2.25. The van der Waals surface area contributed by atoms with E-state index in [1.54, 1.807) is 0 Å². The zero-order valence-corrected chi connectivity index (χ0v) is 12.5. The highest BCUT2D eigenvalue weighted by atomic mass is 16.1. The first kappa shape index (κ1) is 15.5. The molecule has 3 heteroatoms. The third-order valence-electron chi connectivity index (χ3n) is 3.47. The monoisotopic (exact) mass is 254 g/mol. The Kier molecular flexibility index (Phi) is 6.13. The van der Waals surface area contributed by atoms with Gasteiger partial charge in [0.05, 0.1) is 0 Å². The predicted octanol–water partition coefficient (Wildman–Crippen LogP) is 2.71. The van der Waals surface area contributed by atoms with Crippen LogP contribution in [0.4, 0.5) is 0 Å². The average molecular weight is 254 g/mol. The van der Waals surface area contributed by atoms with Crippen LogP contribution in [-0.4, -0.2) is 25.0 Å². The molecule has 1 amide bonds. The first-order valence-electron chi connectivity index (χ1n) is 7.37. The summed E-state index contributed by atoms with van der Waals surface area (Å²) in [6, 6.07) is 0.622. The van der Waals surface area contributed by atoms with E-state index in [2.05, 4.69) is 38.3 Å². The number of rotatable bonds is 6. The Morgan fingerprint density at radius 2 is 2.17 bits per heavy atom. The molecule has 2 atom stereocenters. The van der Waals surface area contributed by atoms with Crippen molar-refractivity contribution in [3.8, 4) is 0 Å². The molecule has 18 heavy (non-hydrogen) atoms. The van der Waals surface area contributed by atoms with Crippen molar-refractivity contribution in [3.05, 3.63) is 0 Å². The molecule has 1 rings (SSSR count). The van der Waals surface area contributed by atoms with Crippen LogP contribution in [0.2, 0.25) is 0 Å². The minimum atomic E-state index is 0.213. The Morgan fingerprint density at radius 3 is 2.72 bits per heavy atom. The van der Waals surface area contributed by atoms with Crippen LogP contribution in [0.15, 0.2) is 0 Å². The van der Waals surface area contributed by atoms with E-state index in [0.29, 0.717) is 23.8 Å². The minimum Gasteiger partial charge on any atom is -0.356 e. The molecule has 1 saturated heterocycles. The van der Waals surface area contributed by atoms with Gasteiger partial charge in [0.15, 0.2) is 0 Å². The van der Waals surface area contributed by atoms with E-state index in [1.807, 2.05) is 0 Å². The van der Waals surface area contributed by atoms with Crippen LogP contribution in [0.1, 0.15) is 59.8 Å². The normalized spacial score (nSPS) is 21.9. The molecular formula is C15H30N2O. The van der Waals surface area contributed by atoms with E-state index in [4.69, 9.17) is 0 Å². The van der Waals surface area contributed by atoms with E-state index in [0.717, 1.165) is 25.9 Å². The Bertz CT molecular complexity index is 252. The van der Waals surface area contributed by atoms with E-state index < -0.39 is 0 Å². The molecule has 0 aromatic carbocycles. The fraction of sp³-hybridized carbons (Fsp3) is 0.933. The van der Waals surface area contributed by atoms with Crippen LogP contribution in [0.3, 0.4) is 0 Å².